The van der Waals surface area contributed by atoms with E-state index in [1.165, 1.54) is 44.9 Å². The van der Waals surface area contributed by atoms with Crippen molar-refractivity contribution >= 4 is 41.5 Å². The minimum atomic E-state index is -1.19. The summed E-state index contributed by atoms with van der Waals surface area (Å²) in [6.45, 7) is 4.95. The van der Waals surface area contributed by atoms with Crippen LogP contribution in [-0.2, 0) is 62.0 Å². The molecular formula is C43H79N5O15. The van der Waals surface area contributed by atoms with Crippen molar-refractivity contribution in [1.82, 2.24) is 26.6 Å². The Kier molecular flexibility index (Phi) is 41.9. The maximum atomic E-state index is 12.3. The van der Waals surface area contributed by atoms with E-state index in [4.69, 9.17) is 33.5 Å². The maximum absolute atomic E-state index is 12.3. The van der Waals surface area contributed by atoms with Gasteiger partial charge in [-0.25, -0.2) is 4.79 Å². The molecule has 0 fully saturated rings. The highest BCUT2D eigenvalue weighted by Gasteiger charge is 2.21. The molecule has 0 saturated carbocycles. The third-order valence-corrected chi connectivity index (χ3v) is 9.23. The first-order chi connectivity index (χ1) is 30.5. The largest absolute Gasteiger partial charge is 0.481 e. The van der Waals surface area contributed by atoms with Gasteiger partial charge in [0, 0.05) is 45.4 Å². The second kappa shape index (κ2) is 44.6. The van der Waals surface area contributed by atoms with E-state index < -0.39 is 18.0 Å². The van der Waals surface area contributed by atoms with Gasteiger partial charge in [-0.3, -0.25) is 28.8 Å². The van der Waals surface area contributed by atoms with Gasteiger partial charge >= 0.3 is 11.9 Å². The quantitative estimate of drug-likeness (QED) is 0.0432. The minimum absolute atomic E-state index is 0.0201. The van der Waals surface area contributed by atoms with E-state index in [1.54, 1.807) is 0 Å². The van der Waals surface area contributed by atoms with Crippen LogP contribution in [0.5, 0.6) is 0 Å². The second-order valence-electron chi connectivity index (χ2n) is 14.8. The molecule has 0 aliphatic heterocycles. The van der Waals surface area contributed by atoms with Crippen LogP contribution in [0.3, 0.4) is 0 Å². The molecule has 0 rings (SSSR count). The third kappa shape index (κ3) is 44.5. The molecule has 366 valence electrons. The lowest BCUT2D eigenvalue weighted by Gasteiger charge is -2.14. The molecule has 7 N–H and O–H groups in total. The Morgan fingerprint density at radius 2 is 0.746 bits per heavy atom. The van der Waals surface area contributed by atoms with Crippen LogP contribution in [0.15, 0.2) is 0 Å². The number of carboxylic acid groups (broad SMARTS) is 2. The van der Waals surface area contributed by atoms with Gasteiger partial charge in [0.25, 0.3) is 0 Å². The van der Waals surface area contributed by atoms with Gasteiger partial charge in [0.2, 0.25) is 29.5 Å². The number of likely N-dealkylation sites (N-methyl/N-ethyl adjacent to an activating group) is 1. The molecule has 0 radical (unpaired) electrons. The zero-order valence-electron chi connectivity index (χ0n) is 37.8. The number of carbonyl (C=O) groups excluding carboxylic acids is 5. The third-order valence-electron chi connectivity index (χ3n) is 9.23. The molecule has 0 aromatic rings. The van der Waals surface area contributed by atoms with Crippen molar-refractivity contribution < 1.29 is 72.2 Å². The van der Waals surface area contributed by atoms with Gasteiger partial charge in [-0.05, 0) is 26.2 Å². The Labute approximate surface area is 373 Å². The molecule has 0 heterocycles. The fourth-order valence-electron chi connectivity index (χ4n) is 5.86. The Morgan fingerprint density at radius 3 is 1.13 bits per heavy atom. The zero-order chi connectivity index (χ0) is 46.4. The van der Waals surface area contributed by atoms with Crippen molar-refractivity contribution in [1.29, 1.82) is 0 Å². The summed E-state index contributed by atoms with van der Waals surface area (Å²) in [6, 6.07) is -1.14. The van der Waals surface area contributed by atoms with E-state index >= 15 is 0 Å². The van der Waals surface area contributed by atoms with E-state index in [1.807, 2.05) is 6.92 Å². The van der Waals surface area contributed by atoms with Crippen molar-refractivity contribution in [3.63, 3.8) is 0 Å². The molecule has 20 heteroatoms. The number of hydrogen-bond acceptors (Lipinski definition) is 13. The number of hydrogen-bond donors (Lipinski definition) is 7. The van der Waals surface area contributed by atoms with Crippen molar-refractivity contribution in [2.45, 2.75) is 129 Å². The molecule has 0 aliphatic carbocycles. The predicted octanol–water partition coefficient (Wildman–Crippen LogP) is 2.25. The number of rotatable bonds is 47. The fraction of sp³-hybridized carbons (Fsp3) is 0.837. The highest BCUT2D eigenvalue weighted by Crippen LogP contribution is 2.14. The SMILES string of the molecule is CCNC(=O)COCCOCCNC(=O)COCCOCCNC(=O)COCCOCCNC(=O)CC[C@H](NC(=O)CCCCCCCCCCCCCCCCC(=O)O)C(=O)O. The van der Waals surface area contributed by atoms with Crippen LogP contribution in [0, 0.1) is 0 Å². The lowest BCUT2D eigenvalue weighted by atomic mass is 10.0. The Bertz CT molecular complexity index is 1210. The molecular weight excluding hydrogens is 826 g/mol. The van der Waals surface area contributed by atoms with Crippen LogP contribution in [0.4, 0.5) is 0 Å². The smallest absolute Gasteiger partial charge is 0.326 e. The molecule has 0 aromatic carbocycles. The molecule has 63 heavy (non-hydrogen) atoms. The summed E-state index contributed by atoms with van der Waals surface area (Å²) < 4.78 is 31.8. The molecule has 0 aliphatic rings. The van der Waals surface area contributed by atoms with Crippen LogP contribution >= 0.6 is 0 Å². The normalized spacial score (nSPS) is 11.4. The van der Waals surface area contributed by atoms with Crippen molar-refractivity contribution in [3.05, 3.63) is 0 Å². The summed E-state index contributed by atoms with van der Waals surface area (Å²) in [5, 5.41) is 31.3. The van der Waals surface area contributed by atoms with Crippen molar-refractivity contribution in [2.75, 3.05) is 105 Å². The van der Waals surface area contributed by atoms with Gasteiger partial charge in [-0.1, -0.05) is 77.0 Å². The number of nitrogens with one attached hydrogen (secondary N) is 5. The Balaban J connectivity index is 3.62. The van der Waals surface area contributed by atoms with Gasteiger partial charge in [-0.15, -0.1) is 0 Å². The summed E-state index contributed by atoms with van der Waals surface area (Å²) in [6.07, 6.45) is 15.4. The molecule has 0 unspecified atom stereocenters. The average molecular weight is 906 g/mol. The highest BCUT2D eigenvalue weighted by molar-refractivity contribution is 5.84. The van der Waals surface area contributed by atoms with E-state index in [0.29, 0.717) is 32.7 Å². The van der Waals surface area contributed by atoms with Gasteiger partial charge in [0.05, 0.1) is 59.5 Å². The van der Waals surface area contributed by atoms with Crippen molar-refractivity contribution in [3.8, 4) is 0 Å². The first kappa shape index (κ1) is 59.0. The van der Waals surface area contributed by atoms with Gasteiger partial charge in [0.15, 0.2) is 0 Å². The van der Waals surface area contributed by atoms with Crippen LogP contribution in [0.1, 0.15) is 122 Å². The maximum Gasteiger partial charge on any atom is 0.326 e. The average Bonchev–Trinajstić information content (AvgIpc) is 3.24. The molecule has 0 saturated heterocycles. The van der Waals surface area contributed by atoms with E-state index in [0.717, 1.165) is 38.5 Å². The van der Waals surface area contributed by atoms with Gasteiger partial charge in [0.1, 0.15) is 25.9 Å². The molecule has 0 spiro atoms. The zero-order valence-corrected chi connectivity index (χ0v) is 37.8. The standard InChI is InChI=1S/C43H79N5O15/c1-2-44-39(51)33-61-30-27-59-25-22-46-41(53)35-63-32-29-60-26-23-47-40(52)34-62-31-28-58-24-21-45-37(49)20-19-36(43(56)57)48-38(50)17-15-13-11-9-7-5-3-4-6-8-10-12-14-16-18-42(54)55/h36H,2-35H2,1H3,(H,44,51)(H,45,49)(H,46,53)(H,47,52)(H,48,50)(H,54,55)(H,56,57)/t36-/m0/s1. The number of ether oxygens (including phenoxy) is 6. The van der Waals surface area contributed by atoms with E-state index in [2.05, 4.69) is 26.6 Å². The fourth-order valence-corrected chi connectivity index (χ4v) is 5.86. The lowest BCUT2D eigenvalue weighted by molar-refractivity contribution is -0.142. The first-order valence-corrected chi connectivity index (χ1v) is 22.8. The van der Waals surface area contributed by atoms with Crippen LogP contribution < -0.4 is 26.6 Å². The summed E-state index contributed by atoms with van der Waals surface area (Å²) >= 11 is 0. The summed E-state index contributed by atoms with van der Waals surface area (Å²) in [4.78, 5) is 81.6. The highest BCUT2D eigenvalue weighted by atomic mass is 16.5. The summed E-state index contributed by atoms with van der Waals surface area (Å²) in [7, 11) is 0. The summed E-state index contributed by atoms with van der Waals surface area (Å²) in [5.74, 6) is -3.40. The monoisotopic (exact) mass is 906 g/mol. The van der Waals surface area contributed by atoms with E-state index in [9.17, 15) is 38.7 Å². The Hall–Kier alpha value is -3.95. The second-order valence-corrected chi connectivity index (χ2v) is 14.8. The number of aliphatic carboxylic acids is 2. The topological polar surface area (TPSA) is 275 Å². The Morgan fingerprint density at radius 1 is 0.397 bits per heavy atom. The van der Waals surface area contributed by atoms with Crippen LogP contribution in [0.2, 0.25) is 0 Å². The number of carbonyl (C=O) groups is 7. The van der Waals surface area contributed by atoms with Crippen LogP contribution in [-0.4, -0.2) is 163 Å². The number of amides is 5. The molecule has 20 nitrogen and oxygen atoms in total. The molecule has 5 amide bonds. The number of unbranched alkanes of at least 4 members (excludes halogenated alkanes) is 13. The molecule has 0 aromatic heterocycles. The van der Waals surface area contributed by atoms with Gasteiger partial charge in [-0.2, -0.15) is 0 Å². The lowest BCUT2D eigenvalue weighted by Crippen LogP contribution is -2.41. The first-order valence-electron chi connectivity index (χ1n) is 22.8. The van der Waals surface area contributed by atoms with Gasteiger partial charge < -0.3 is 65.2 Å². The predicted molar refractivity (Wildman–Crippen MR) is 233 cm³/mol. The molecule has 0 bridgehead atoms. The van der Waals surface area contributed by atoms with Crippen LogP contribution in [0.25, 0.3) is 0 Å². The van der Waals surface area contributed by atoms with Crippen molar-refractivity contribution in [2.24, 2.45) is 0 Å². The van der Waals surface area contributed by atoms with E-state index in [-0.39, 0.29) is 134 Å². The molecule has 1 atom stereocenters. The minimum Gasteiger partial charge on any atom is -0.481 e. The summed E-state index contributed by atoms with van der Waals surface area (Å²) in [5.41, 5.74) is 0. The number of carboxylic acids is 2.